The Hall–Kier alpha value is -0.170. The van der Waals surface area contributed by atoms with Crippen molar-refractivity contribution in [1.29, 1.82) is 0 Å². The normalized spacial score (nSPS) is 12.5. The molecule has 2 aromatic rings. The topological polar surface area (TPSA) is 12.0 Å². The van der Waals surface area contributed by atoms with Crippen molar-refractivity contribution in [3.8, 4) is 0 Å². The SMILES string of the molecule is CNC(c1ccc(F)c(Br)c1)c1cc(Cl)ccc1I. The lowest BCUT2D eigenvalue weighted by molar-refractivity contribution is 0.616. The molecule has 0 saturated carbocycles. The van der Waals surface area contributed by atoms with Crippen molar-refractivity contribution in [2.45, 2.75) is 6.04 Å². The number of hydrogen-bond donors (Lipinski definition) is 1. The van der Waals surface area contributed by atoms with Crippen LogP contribution >= 0.6 is 50.1 Å². The Morgan fingerprint density at radius 2 is 2.00 bits per heavy atom. The molecule has 5 heteroatoms. The van der Waals surface area contributed by atoms with E-state index >= 15 is 0 Å². The van der Waals surface area contributed by atoms with Gasteiger partial charge >= 0.3 is 0 Å². The van der Waals surface area contributed by atoms with Gasteiger partial charge in [-0.05, 0) is 87.0 Å². The molecule has 0 aromatic heterocycles. The Balaban J connectivity index is 2.49. The lowest BCUT2D eigenvalue weighted by Crippen LogP contribution is -2.18. The van der Waals surface area contributed by atoms with Crippen molar-refractivity contribution in [1.82, 2.24) is 5.32 Å². The van der Waals surface area contributed by atoms with Gasteiger partial charge in [0.15, 0.2) is 0 Å². The van der Waals surface area contributed by atoms with E-state index in [0.29, 0.717) is 9.50 Å². The lowest BCUT2D eigenvalue weighted by Gasteiger charge is -2.19. The number of hydrogen-bond acceptors (Lipinski definition) is 1. The number of nitrogens with one attached hydrogen (secondary N) is 1. The van der Waals surface area contributed by atoms with Gasteiger partial charge in [0.1, 0.15) is 5.82 Å². The first-order chi connectivity index (χ1) is 9.02. The standard InChI is InChI=1S/C14H11BrClFIN/c1-19-14(8-2-4-12(17)11(15)6-8)10-7-9(16)3-5-13(10)18/h2-7,14,19H,1H3. The van der Waals surface area contributed by atoms with Gasteiger partial charge in [-0.2, -0.15) is 0 Å². The molecule has 0 radical (unpaired) electrons. The maximum absolute atomic E-state index is 13.3. The second kappa shape index (κ2) is 6.52. The third-order valence-corrected chi connectivity index (χ3v) is 4.66. The Morgan fingerprint density at radius 3 is 2.63 bits per heavy atom. The van der Waals surface area contributed by atoms with Gasteiger partial charge in [-0.1, -0.05) is 17.7 Å². The van der Waals surface area contributed by atoms with Crippen LogP contribution in [0.2, 0.25) is 5.02 Å². The molecule has 0 amide bonds. The minimum atomic E-state index is -0.264. The summed E-state index contributed by atoms with van der Waals surface area (Å²) in [5, 5.41) is 3.93. The van der Waals surface area contributed by atoms with Gasteiger partial charge in [0.2, 0.25) is 0 Å². The van der Waals surface area contributed by atoms with Crippen LogP contribution in [0.1, 0.15) is 17.2 Å². The molecule has 1 unspecified atom stereocenters. The highest BCUT2D eigenvalue weighted by Crippen LogP contribution is 2.30. The van der Waals surface area contributed by atoms with Gasteiger partial charge in [-0.3, -0.25) is 0 Å². The molecule has 0 aliphatic heterocycles. The molecule has 0 saturated heterocycles. The molecule has 1 nitrogen and oxygen atoms in total. The Labute approximate surface area is 138 Å². The minimum Gasteiger partial charge on any atom is -0.309 e. The van der Waals surface area contributed by atoms with Crippen molar-refractivity contribution in [2.24, 2.45) is 0 Å². The summed E-state index contributed by atoms with van der Waals surface area (Å²) in [6.45, 7) is 0. The second-order valence-corrected chi connectivity index (χ2v) is 6.51. The Morgan fingerprint density at radius 1 is 1.26 bits per heavy atom. The molecule has 0 fully saturated rings. The van der Waals surface area contributed by atoms with E-state index < -0.39 is 0 Å². The largest absolute Gasteiger partial charge is 0.309 e. The van der Waals surface area contributed by atoms with Gasteiger partial charge in [0.25, 0.3) is 0 Å². The molecular formula is C14H11BrClFIN. The molecule has 100 valence electrons. The van der Waals surface area contributed by atoms with Gasteiger partial charge in [-0.25, -0.2) is 4.39 Å². The summed E-state index contributed by atoms with van der Waals surface area (Å²) in [6.07, 6.45) is 0. The summed E-state index contributed by atoms with van der Waals surface area (Å²) < 4.78 is 14.9. The molecule has 0 heterocycles. The summed E-state index contributed by atoms with van der Waals surface area (Å²) in [6, 6.07) is 10.8. The fraction of sp³-hybridized carbons (Fsp3) is 0.143. The van der Waals surface area contributed by atoms with E-state index in [-0.39, 0.29) is 11.9 Å². The lowest BCUT2D eigenvalue weighted by atomic mass is 9.99. The predicted octanol–water partition coefficient (Wildman–Crippen LogP) is 5.16. The quantitative estimate of drug-likeness (QED) is 0.633. The summed E-state index contributed by atoms with van der Waals surface area (Å²) in [4.78, 5) is 0. The summed E-state index contributed by atoms with van der Waals surface area (Å²) in [7, 11) is 1.87. The zero-order valence-corrected chi connectivity index (χ0v) is 14.6. The first-order valence-corrected chi connectivity index (χ1v) is 7.85. The van der Waals surface area contributed by atoms with E-state index in [4.69, 9.17) is 11.6 Å². The molecule has 19 heavy (non-hydrogen) atoms. The van der Waals surface area contributed by atoms with E-state index in [2.05, 4.69) is 43.8 Å². The average molecular weight is 455 g/mol. The van der Waals surface area contributed by atoms with Gasteiger partial charge in [0, 0.05) is 8.59 Å². The van der Waals surface area contributed by atoms with E-state index in [1.54, 1.807) is 12.1 Å². The van der Waals surface area contributed by atoms with E-state index in [0.717, 1.165) is 14.7 Å². The van der Waals surface area contributed by atoms with Crippen molar-refractivity contribution in [2.75, 3.05) is 7.05 Å². The highest BCUT2D eigenvalue weighted by molar-refractivity contribution is 14.1. The van der Waals surface area contributed by atoms with Crippen molar-refractivity contribution in [3.63, 3.8) is 0 Å². The number of halogens is 4. The van der Waals surface area contributed by atoms with E-state index in [1.165, 1.54) is 6.07 Å². The van der Waals surface area contributed by atoms with Crippen LogP contribution in [0.3, 0.4) is 0 Å². The Bertz CT molecular complexity index is 606. The monoisotopic (exact) mass is 453 g/mol. The third kappa shape index (κ3) is 3.48. The zero-order valence-electron chi connectivity index (χ0n) is 10.1. The van der Waals surface area contributed by atoms with E-state index in [1.807, 2.05) is 25.2 Å². The number of benzene rings is 2. The van der Waals surface area contributed by atoms with Gasteiger partial charge in [0.05, 0.1) is 10.5 Å². The first kappa shape index (κ1) is 15.2. The van der Waals surface area contributed by atoms with Crippen molar-refractivity contribution >= 4 is 50.1 Å². The molecule has 0 bridgehead atoms. The van der Waals surface area contributed by atoms with Crippen molar-refractivity contribution < 1.29 is 4.39 Å². The van der Waals surface area contributed by atoms with Crippen LogP contribution in [0.25, 0.3) is 0 Å². The van der Waals surface area contributed by atoms with Crippen LogP contribution in [0.5, 0.6) is 0 Å². The highest BCUT2D eigenvalue weighted by atomic mass is 127. The second-order valence-electron chi connectivity index (χ2n) is 4.06. The molecular weight excluding hydrogens is 443 g/mol. The summed E-state index contributed by atoms with van der Waals surface area (Å²) >= 11 is 11.6. The Kier molecular flexibility index (Phi) is 5.22. The minimum absolute atomic E-state index is 0.0255. The van der Waals surface area contributed by atoms with Crippen LogP contribution < -0.4 is 5.32 Å². The van der Waals surface area contributed by atoms with Crippen molar-refractivity contribution in [3.05, 3.63) is 66.4 Å². The molecule has 2 rings (SSSR count). The summed E-state index contributed by atoms with van der Waals surface area (Å²) in [5.41, 5.74) is 2.06. The average Bonchev–Trinajstić information content (AvgIpc) is 2.38. The first-order valence-electron chi connectivity index (χ1n) is 5.60. The zero-order chi connectivity index (χ0) is 14.0. The molecule has 2 aromatic carbocycles. The fourth-order valence-electron chi connectivity index (χ4n) is 1.93. The maximum Gasteiger partial charge on any atom is 0.137 e. The van der Waals surface area contributed by atoms with E-state index in [9.17, 15) is 4.39 Å². The predicted molar refractivity (Wildman–Crippen MR) is 89.2 cm³/mol. The van der Waals surface area contributed by atoms with Crippen LogP contribution in [0.4, 0.5) is 4.39 Å². The maximum atomic E-state index is 13.3. The van der Waals surface area contributed by atoms with Crippen LogP contribution in [0, 0.1) is 9.39 Å². The number of rotatable bonds is 3. The van der Waals surface area contributed by atoms with Crippen LogP contribution in [0.15, 0.2) is 40.9 Å². The molecule has 1 N–H and O–H groups in total. The highest BCUT2D eigenvalue weighted by Gasteiger charge is 2.16. The molecule has 0 spiro atoms. The van der Waals surface area contributed by atoms with Gasteiger partial charge < -0.3 is 5.32 Å². The van der Waals surface area contributed by atoms with Crippen LogP contribution in [-0.2, 0) is 0 Å². The molecule has 1 atom stereocenters. The summed E-state index contributed by atoms with van der Waals surface area (Å²) in [5.74, 6) is -0.264. The fourth-order valence-corrected chi connectivity index (χ4v) is 3.15. The van der Waals surface area contributed by atoms with Crippen LogP contribution in [-0.4, -0.2) is 7.05 Å². The third-order valence-electron chi connectivity index (χ3n) is 2.83. The molecule has 0 aliphatic carbocycles. The molecule has 0 aliphatic rings. The van der Waals surface area contributed by atoms with Gasteiger partial charge in [-0.15, -0.1) is 0 Å². The smallest absolute Gasteiger partial charge is 0.137 e.